The molecule has 39 heavy (non-hydrogen) atoms. The Labute approximate surface area is 226 Å². The molecule has 0 radical (unpaired) electrons. The number of Topliss-reactive ketones (excluding diaryl/α,β-unsaturated/α-hetero) is 1. The number of hydrazine groups is 1. The highest BCUT2D eigenvalue weighted by Gasteiger charge is 2.35. The van der Waals surface area contributed by atoms with Gasteiger partial charge in [-0.3, -0.25) is 24.2 Å². The van der Waals surface area contributed by atoms with Crippen LogP contribution in [0.2, 0.25) is 0 Å². The van der Waals surface area contributed by atoms with Crippen LogP contribution in [0, 0.1) is 11.8 Å². The number of nitrogens with zero attached hydrogens (tertiary/aromatic N) is 3. The van der Waals surface area contributed by atoms with E-state index in [2.05, 4.69) is 31.0 Å². The van der Waals surface area contributed by atoms with Gasteiger partial charge in [-0.25, -0.2) is 14.8 Å². The molecule has 13 nitrogen and oxygen atoms in total. The maximum absolute atomic E-state index is 13.2. The van der Waals surface area contributed by atoms with Crippen molar-refractivity contribution in [2.75, 3.05) is 19.7 Å². The van der Waals surface area contributed by atoms with E-state index in [4.69, 9.17) is 4.74 Å². The summed E-state index contributed by atoms with van der Waals surface area (Å²) >= 11 is 0. The zero-order chi connectivity index (χ0) is 28.5. The molecular formula is C26H36N6O7. The van der Waals surface area contributed by atoms with Crippen LogP contribution in [0.3, 0.4) is 0 Å². The number of ether oxygens (including phenoxy) is 1. The first-order valence-corrected chi connectivity index (χ1v) is 13.1. The van der Waals surface area contributed by atoms with E-state index in [0.29, 0.717) is 36.8 Å². The fourth-order valence-corrected chi connectivity index (χ4v) is 4.20. The number of carbonyl (C=O) groups is 5. The minimum absolute atomic E-state index is 0.0271. The number of carbonyl (C=O) groups excluding carboxylic acids is 5. The van der Waals surface area contributed by atoms with Gasteiger partial charge in [-0.15, -0.1) is 0 Å². The molecule has 3 amide bonds. The van der Waals surface area contributed by atoms with Gasteiger partial charge >= 0.3 is 5.97 Å². The second-order valence-electron chi connectivity index (χ2n) is 10.3. The minimum Gasteiger partial charge on any atom is -0.454 e. The average molecular weight is 545 g/mol. The lowest BCUT2D eigenvalue weighted by atomic mass is 9.98. The van der Waals surface area contributed by atoms with E-state index in [1.165, 1.54) is 17.1 Å². The van der Waals surface area contributed by atoms with Gasteiger partial charge in [-0.1, -0.05) is 27.7 Å². The van der Waals surface area contributed by atoms with Crippen molar-refractivity contribution in [2.24, 2.45) is 11.8 Å². The summed E-state index contributed by atoms with van der Waals surface area (Å²) in [5.74, 6) is -2.25. The molecule has 0 spiro atoms. The molecule has 1 aliphatic rings. The number of benzene rings is 1. The van der Waals surface area contributed by atoms with E-state index >= 15 is 0 Å². The van der Waals surface area contributed by atoms with Crippen LogP contribution >= 0.6 is 0 Å². The van der Waals surface area contributed by atoms with Gasteiger partial charge in [-0.05, 0) is 53.2 Å². The summed E-state index contributed by atoms with van der Waals surface area (Å²) in [7, 11) is 0. The molecule has 0 saturated carbocycles. The third-order valence-electron chi connectivity index (χ3n) is 6.22. The minimum atomic E-state index is -0.929. The summed E-state index contributed by atoms with van der Waals surface area (Å²) in [6.45, 7) is 7.53. The van der Waals surface area contributed by atoms with E-state index in [-0.39, 0.29) is 42.2 Å². The Kier molecular flexibility index (Phi) is 10.5. The lowest BCUT2D eigenvalue weighted by molar-refractivity contribution is -0.147. The predicted octanol–water partition coefficient (Wildman–Crippen LogP) is 1.14. The molecule has 1 aromatic heterocycles. The van der Waals surface area contributed by atoms with Gasteiger partial charge in [0, 0.05) is 25.9 Å². The molecule has 0 aliphatic carbocycles. The van der Waals surface area contributed by atoms with Crippen LogP contribution in [0.5, 0.6) is 0 Å². The number of amides is 3. The maximum atomic E-state index is 13.2. The number of fused-ring (bicyclic) bond motifs is 1. The summed E-state index contributed by atoms with van der Waals surface area (Å²) in [6.07, 6.45) is 1.47. The number of ketones is 1. The van der Waals surface area contributed by atoms with Gasteiger partial charge in [0.2, 0.25) is 17.7 Å². The highest BCUT2D eigenvalue weighted by molar-refractivity contribution is 5.97. The van der Waals surface area contributed by atoms with Crippen LogP contribution < -0.4 is 16.1 Å². The van der Waals surface area contributed by atoms with Crippen LogP contribution in [0.1, 0.15) is 63.7 Å². The fourth-order valence-electron chi connectivity index (χ4n) is 4.20. The first kappa shape index (κ1) is 29.7. The Balaban J connectivity index is 1.55. The van der Waals surface area contributed by atoms with E-state index in [1.807, 2.05) is 13.8 Å². The highest BCUT2D eigenvalue weighted by atomic mass is 16.6. The van der Waals surface area contributed by atoms with Crippen molar-refractivity contribution in [3.8, 4) is 0 Å². The van der Waals surface area contributed by atoms with Crippen LogP contribution in [0.4, 0.5) is 0 Å². The van der Waals surface area contributed by atoms with Crippen LogP contribution in [0.15, 0.2) is 22.8 Å². The van der Waals surface area contributed by atoms with Crippen LogP contribution in [-0.4, -0.2) is 76.6 Å². The lowest BCUT2D eigenvalue weighted by Crippen LogP contribution is -2.61. The number of aromatic nitrogens is 2. The second kappa shape index (κ2) is 13.8. The normalized spacial score (nSPS) is 16.3. The van der Waals surface area contributed by atoms with Crippen molar-refractivity contribution in [3.05, 3.63) is 23.8 Å². The highest BCUT2D eigenvalue weighted by Crippen LogP contribution is 2.15. The Morgan fingerprint density at radius 1 is 1.13 bits per heavy atom. The van der Waals surface area contributed by atoms with Crippen molar-refractivity contribution in [1.29, 1.82) is 0 Å². The van der Waals surface area contributed by atoms with Gasteiger partial charge in [0.25, 0.3) is 0 Å². The molecule has 1 saturated heterocycles. The zero-order valence-electron chi connectivity index (χ0n) is 22.7. The Hall–Kier alpha value is -3.87. The number of nitrogens with one attached hydrogen (secondary N) is 3. The van der Waals surface area contributed by atoms with Crippen LogP contribution in [0.25, 0.3) is 11.0 Å². The molecule has 2 atom stereocenters. The van der Waals surface area contributed by atoms with E-state index in [0.717, 1.165) is 0 Å². The summed E-state index contributed by atoms with van der Waals surface area (Å²) in [5.41, 5.74) is 3.99. The molecular weight excluding hydrogens is 508 g/mol. The van der Waals surface area contributed by atoms with Crippen molar-refractivity contribution in [2.45, 2.75) is 65.5 Å². The molecule has 3 N–H and O–H groups in total. The largest absolute Gasteiger partial charge is 0.454 e. The molecule has 3 rings (SSSR count). The van der Waals surface area contributed by atoms with E-state index in [9.17, 15) is 24.0 Å². The van der Waals surface area contributed by atoms with E-state index < -0.39 is 36.4 Å². The number of esters is 1. The summed E-state index contributed by atoms with van der Waals surface area (Å²) in [4.78, 5) is 63.3. The quantitative estimate of drug-likeness (QED) is 0.329. The Bertz CT molecular complexity index is 1190. The molecule has 0 bridgehead atoms. The van der Waals surface area contributed by atoms with Crippen molar-refractivity contribution < 1.29 is 33.3 Å². The number of hydrogen-bond donors (Lipinski definition) is 3. The third kappa shape index (κ3) is 8.31. The third-order valence-corrected chi connectivity index (χ3v) is 6.22. The Morgan fingerprint density at radius 3 is 2.59 bits per heavy atom. The van der Waals surface area contributed by atoms with Crippen molar-refractivity contribution in [1.82, 2.24) is 31.4 Å². The van der Waals surface area contributed by atoms with E-state index in [1.54, 1.807) is 19.9 Å². The maximum Gasteiger partial charge on any atom is 0.338 e. The average Bonchev–Trinajstić information content (AvgIpc) is 3.37. The standard InChI is InChI=1S/C26H36N6O7/c1-15(2)12-22(34)27-11-9-23(35)32-20(6-5-10-28-32)25(36)29-24(16(3)4)21(33)14-38-26(37)17-7-8-18-19(13-17)31-39-30-18/h7-8,13,15-16,20,24,28H,5-6,9-12,14H2,1-4H3,(H,27,34)(H,29,36). The molecule has 2 unspecified atom stereocenters. The number of rotatable bonds is 12. The molecule has 1 fully saturated rings. The molecule has 13 heteroatoms. The fraction of sp³-hybridized carbons (Fsp3) is 0.577. The smallest absolute Gasteiger partial charge is 0.338 e. The topological polar surface area (TPSA) is 173 Å². The van der Waals surface area contributed by atoms with Crippen molar-refractivity contribution >= 4 is 40.5 Å². The van der Waals surface area contributed by atoms with Gasteiger partial charge in [-0.2, -0.15) is 0 Å². The summed E-state index contributed by atoms with van der Waals surface area (Å²) < 4.78 is 9.80. The number of hydrogen-bond acceptors (Lipinski definition) is 10. The molecule has 1 aliphatic heterocycles. The molecule has 2 aromatic rings. The molecule has 1 aromatic carbocycles. The lowest BCUT2D eigenvalue weighted by Gasteiger charge is -2.36. The predicted molar refractivity (Wildman–Crippen MR) is 139 cm³/mol. The monoisotopic (exact) mass is 544 g/mol. The molecule has 2 heterocycles. The van der Waals surface area contributed by atoms with Crippen LogP contribution in [-0.2, 0) is 23.9 Å². The van der Waals surface area contributed by atoms with Gasteiger partial charge in [0.15, 0.2) is 12.4 Å². The van der Waals surface area contributed by atoms with Gasteiger partial charge in [0.1, 0.15) is 17.1 Å². The first-order valence-electron chi connectivity index (χ1n) is 13.1. The SMILES string of the molecule is CC(C)CC(=O)NCCC(=O)N1NCCCC1C(=O)NC(C(=O)COC(=O)c1ccc2nonc2c1)C(C)C. The summed E-state index contributed by atoms with van der Waals surface area (Å²) in [5, 5.41) is 14.1. The summed E-state index contributed by atoms with van der Waals surface area (Å²) in [6, 6.07) is 2.72. The Morgan fingerprint density at radius 2 is 1.87 bits per heavy atom. The van der Waals surface area contributed by atoms with Gasteiger partial charge in [0.05, 0.1) is 11.6 Å². The zero-order valence-corrected chi connectivity index (χ0v) is 22.7. The second-order valence-corrected chi connectivity index (χ2v) is 10.3. The van der Waals surface area contributed by atoms with Crippen molar-refractivity contribution in [3.63, 3.8) is 0 Å². The van der Waals surface area contributed by atoms with Gasteiger partial charge < -0.3 is 15.4 Å². The molecule has 212 valence electrons. The first-order chi connectivity index (χ1) is 18.6.